The zero-order chi connectivity index (χ0) is 21.0. The maximum atomic E-state index is 14.3. The first-order valence-electron chi connectivity index (χ1n) is 9.38. The number of amides is 1. The van der Waals surface area contributed by atoms with E-state index in [2.05, 4.69) is 36.1 Å². The molecule has 1 aromatic heterocycles. The Bertz CT molecular complexity index is 983. The van der Waals surface area contributed by atoms with E-state index in [1.165, 1.54) is 30.7 Å². The van der Waals surface area contributed by atoms with E-state index in [0.717, 1.165) is 5.56 Å². The fourth-order valence-electron chi connectivity index (χ4n) is 2.85. The van der Waals surface area contributed by atoms with Crippen molar-refractivity contribution in [3.05, 3.63) is 83.6 Å². The van der Waals surface area contributed by atoms with Gasteiger partial charge in [0.2, 0.25) is 5.88 Å². The lowest BCUT2D eigenvalue weighted by Gasteiger charge is -2.19. The van der Waals surface area contributed by atoms with Crippen molar-refractivity contribution in [3.8, 4) is 5.88 Å². The highest BCUT2D eigenvalue weighted by Gasteiger charge is 2.17. The highest BCUT2D eigenvalue weighted by molar-refractivity contribution is 6.04. The van der Waals surface area contributed by atoms with Crippen LogP contribution >= 0.6 is 0 Å². The minimum Gasteiger partial charge on any atom is -0.469 e. The fourth-order valence-corrected chi connectivity index (χ4v) is 2.85. The van der Waals surface area contributed by atoms with Crippen LogP contribution in [0.1, 0.15) is 55.3 Å². The quantitative estimate of drug-likeness (QED) is 0.638. The summed E-state index contributed by atoms with van der Waals surface area (Å²) in [6, 6.07) is 11.9. The maximum absolute atomic E-state index is 14.3. The highest BCUT2D eigenvalue weighted by Crippen LogP contribution is 2.26. The summed E-state index contributed by atoms with van der Waals surface area (Å²) in [5.41, 5.74) is 2.50. The van der Waals surface area contributed by atoms with Gasteiger partial charge in [0, 0.05) is 29.2 Å². The minimum atomic E-state index is -0.602. The lowest BCUT2D eigenvalue weighted by molar-refractivity contribution is 0.102. The number of carbonyl (C=O) groups is 1. The first kappa shape index (κ1) is 20.5. The van der Waals surface area contributed by atoms with E-state index in [9.17, 15) is 9.18 Å². The Morgan fingerprint density at radius 2 is 1.83 bits per heavy atom. The molecule has 0 fully saturated rings. The lowest BCUT2D eigenvalue weighted by atomic mass is 9.87. The van der Waals surface area contributed by atoms with E-state index in [1.807, 2.05) is 12.1 Å². The molecule has 0 saturated carbocycles. The van der Waals surface area contributed by atoms with Gasteiger partial charge in [-0.2, -0.15) is 0 Å². The van der Waals surface area contributed by atoms with Gasteiger partial charge in [-0.25, -0.2) is 9.37 Å². The number of hydrogen-bond acceptors (Lipinski definition) is 4. The zero-order valence-electron chi connectivity index (χ0n) is 16.9. The Balaban J connectivity index is 1.74. The second kappa shape index (κ2) is 8.39. The third-order valence-electron chi connectivity index (χ3n) is 4.54. The first-order chi connectivity index (χ1) is 13.7. The predicted molar refractivity (Wildman–Crippen MR) is 111 cm³/mol. The molecule has 1 amide bonds. The number of ether oxygens (including phenoxy) is 1. The van der Waals surface area contributed by atoms with Crippen LogP contribution in [-0.2, 0) is 5.41 Å². The van der Waals surface area contributed by atoms with E-state index in [-0.39, 0.29) is 11.3 Å². The summed E-state index contributed by atoms with van der Waals surface area (Å²) in [5.74, 6) is -0.382. The zero-order valence-corrected chi connectivity index (χ0v) is 16.9. The van der Waals surface area contributed by atoms with Crippen LogP contribution in [0.4, 0.5) is 10.1 Å². The van der Waals surface area contributed by atoms with E-state index >= 15 is 0 Å². The third kappa shape index (κ3) is 5.16. The highest BCUT2D eigenvalue weighted by atomic mass is 19.1. The SMILES string of the molecule is CC(Oc1cnccn1)c1cc(NC(=O)c2ccc(C(C)(C)C)cc2)ccc1F. The van der Waals surface area contributed by atoms with Crippen LogP contribution in [-0.4, -0.2) is 15.9 Å². The predicted octanol–water partition coefficient (Wildman–Crippen LogP) is 5.31. The smallest absolute Gasteiger partial charge is 0.255 e. The molecule has 3 aromatic rings. The third-order valence-corrected chi connectivity index (χ3v) is 4.54. The van der Waals surface area contributed by atoms with Gasteiger partial charge in [0.1, 0.15) is 11.9 Å². The summed E-state index contributed by atoms with van der Waals surface area (Å²) < 4.78 is 20.0. The summed E-state index contributed by atoms with van der Waals surface area (Å²) in [6.07, 6.45) is 3.89. The van der Waals surface area contributed by atoms with E-state index < -0.39 is 11.9 Å². The van der Waals surface area contributed by atoms with Crippen molar-refractivity contribution in [2.45, 2.75) is 39.2 Å². The minimum absolute atomic E-state index is 0.0140. The fraction of sp³-hybridized carbons (Fsp3) is 0.261. The molecule has 0 spiro atoms. The molecule has 0 bridgehead atoms. The Labute approximate surface area is 170 Å². The van der Waals surface area contributed by atoms with Crippen LogP contribution < -0.4 is 10.1 Å². The van der Waals surface area contributed by atoms with E-state index in [4.69, 9.17) is 4.74 Å². The standard InChI is InChI=1S/C23H24FN3O2/c1-15(29-21-14-25-11-12-26-21)19-13-18(9-10-20(19)24)27-22(28)16-5-7-17(8-6-16)23(2,3)4/h5-15H,1-4H3,(H,27,28). The van der Waals surface area contributed by atoms with Crippen molar-refractivity contribution in [2.24, 2.45) is 0 Å². The van der Waals surface area contributed by atoms with Gasteiger partial charge in [-0.05, 0) is 48.2 Å². The van der Waals surface area contributed by atoms with Crippen molar-refractivity contribution >= 4 is 11.6 Å². The molecule has 1 heterocycles. The lowest BCUT2D eigenvalue weighted by Crippen LogP contribution is -2.15. The van der Waals surface area contributed by atoms with Gasteiger partial charge in [-0.15, -0.1) is 0 Å². The normalized spacial score (nSPS) is 12.3. The number of nitrogens with zero attached hydrogens (tertiary/aromatic N) is 2. The molecular formula is C23H24FN3O2. The Morgan fingerprint density at radius 3 is 2.45 bits per heavy atom. The molecule has 0 radical (unpaired) electrons. The maximum Gasteiger partial charge on any atom is 0.255 e. The number of benzene rings is 2. The molecule has 3 rings (SSSR count). The Kier molecular flexibility index (Phi) is 5.92. The average Bonchev–Trinajstić information content (AvgIpc) is 2.69. The summed E-state index contributed by atoms with van der Waals surface area (Å²) in [7, 11) is 0. The summed E-state index contributed by atoms with van der Waals surface area (Å²) in [4.78, 5) is 20.5. The Morgan fingerprint density at radius 1 is 1.10 bits per heavy atom. The molecule has 0 aliphatic carbocycles. The van der Waals surface area contributed by atoms with Crippen LogP contribution in [0.3, 0.4) is 0 Å². The molecule has 150 valence electrons. The van der Waals surface area contributed by atoms with E-state index in [0.29, 0.717) is 22.7 Å². The van der Waals surface area contributed by atoms with Crippen molar-refractivity contribution in [3.63, 3.8) is 0 Å². The van der Waals surface area contributed by atoms with Crippen molar-refractivity contribution < 1.29 is 13.9 Å². The van der Waals surface area contributed by atoms with Crippen LogP contribution in [0.5, 0.6) is 5.88 Å². The molecule has 1 atom stereocenters. The van der Waals surface area contributed by atoms with Gasteiger partial charge in [0.15, 0.2) is 0 Å². The topological polar surface area (TPSA) is 64.1 Å². The average molecular weight is 393 g/mol. The van der Waals surface area contributed by atoms with Crippen molar-refractivity contribution in [1.29, 1.82) is 0 Å². The number of aromatic nitrogens is 2. The van der Waals surface area contributed by atoms with Gasteiger partial charge in [-0.3, -0.25) is 9.78 Å². The molecule has 5 nitrogen and oxygen atoms in total. The molecule has 1 N–H and O–H groups in total. The van der Waals surface area contributed by atoms with Gasteiger partial charge >= 0.3 is 0 Å². The molecular weight excluding hydrogens is 369 g/mol. The number of rotatable bonds is 5. The van der Waals surface area contributed by atoms with Crippen molar-refractivity contribution in [1.82, 2.24) is 9.97 Å². The summed E-state index contributed by atoms with van der Waals surface area (Å²) in [6.45, 7) is 8.06. The molecule has 2 aromatic carbocycles. The molecule has 1 unspecified atom stereocenters. The van der Waals surface area contributed by atoms with Crippen molar-refractivity contribution in [2.75, 3.05) is 5.32 Å². The summed E-state index contributed by atoms with van der Waals surface area (Å²) in [5, 5.41) is 2.81. The van der Waals surface area contributed by atoms with Crippen LogP contribution in [0, 0.1) is 5.82 Å². The summed E-state index contributed by atoms with van der Waals surface area (Å²) >= 11 is 0. The number of nitrogens with one attached hydrogen (secondary N) is 1. The van der Waals surface area contributed by atoms with Gasteiger partial charge in [0.05, 0.1) is 6.20 Å². The first-order valence-corrected chi connectivity index (χ1v) is 9.38. The number of carbonyl (C=O) groups excluding carboxylic acids is 1. The molecule has 29 heavy (non-hydrogen) atoms. The monoisotopic (exact) mass is 393 g/mol. The second-order valence-electron chi connectivity index (χ2n) is 7.82. The largest absolute Gasteiger partial charge is 0.469 e. The second-order valence-corrected chi connectivity index (χ2v) is 7.82. The molecule has 0 saturated heterocycles. The van der Waals surface area contributed by atoms with Gasteiger partial charge < -0.3 is 10.1 Å². The van der Waals surface area contributed by atoms with Crippen LogP contribution in [0.15, 0.2) is 61.1 Å². The number of anilines is 1. The number of halogens is 1. The van der Waals surface area contributed by atoms with Crippen LogP contribution in [0.2, 0.25) is 0 Å². The number of hydrogen-bond donors (Lipinski definition) is 1. The Hall–Kier alpha value is -3.28. The van der Waals surface area contributed by atoms with Crippen LogP contribution in [0.25, 0.3) is 0 Å². The molecule has 0 aliphatic heterocycles. The molecule has 0 aliphatic rings. The van der Waals surface area contributed by atoms with Gasteiger partial charge in [0.25, 0.3) is 5.91 Å². The van der Waals surface area contributed by atoms with Gasteiger partial charge in [-0.1, -0.05) is 32.9 Å². The van der Waals surface area contributed by atoms with E-state index in [1.54, 1.807) is 25.1 Å². The molecule has 6 heteroatoms.